The Bertz CT molecular complexity index is 933. The van der Waals surface area contributed by atoms with Gasteiger partial charge < -0.3 is 9.47 Å². The molecule has 0 aromatic carbocycles. The summed E-state index contributed by atoms with van der Waals surface area (Å²) in [7, 11) is -3.65. The molecule has 2 aromatic rings. The van der Waals surface area contributed by atoms with E-state index in [2.05, 4.69) is 15.0 Å². The van der Waals surface area contributed by atoms with Gasteiger partial charge in [0.2, 0.25) is 0 Å². The van der Waals surface area contributed by atoms with E-state index in [-0.39, 0.29) is 41.7 Å². The van der Waals surface area contributed by atoms with Crippen molar-refractivity contribution in [1.82, 2.24) is 23.8 Å². The molecule has 1 aliphatic heterocycles. The molecule has 0 spiro atoms. The number of anilines is 1. The number of piperazine rings is 1. The lowest BCUT2D eigenvalue weighted by Crippen LogP contribution is -2.49. The smallest absolute Gasteiger partial charge is 0.262 e. The van der Waals surface area contributed by atoms with E-state index in [4.69, 9.17) is 0 Å². The second-order valence-electron chi connectivity index (χ2n) is 7.31. The van der Waals surface area contributed by atoms with Crippen molar-refractivity contribution in [1.29, 1.82) is 0 Å². The van der Waals surface area contributed by atoms with Gasteiger partial charge >= 0.3 is 0 Å². The number of rotatable bonds is 5. The monoisotopic (exact) mass is 394 g/mol. The van der Waals surface area contributed by atoms with Crippen LogP contribution in [0.5, 0.6) is 0 Å². The van der Waals surface area contributed by atoms with Gasteiger partial charge in [0.15, 0.2) is 16.7 Å². The molecule has 10 heteroatoms. The quantitative estimate of drug-likeness (QED) is 0.769. The molecule has 1 aliphatic carbocycles. The standard InChI is InChI=1S/C17H23FN6O2S/c1-12(2)23-9-14(21-11-23)27(25,26)24-7-5-22(6-8-24)17-15(18)16(13-3-4-13)19-10-20-17/h9-13H,3-8H2,1-2H3. The number of halogens is 1. The third-order valence-corrected chi connectivity index (χ3v) is 6.86. The molecular formula is C17H23FN6O2S. The minimum atomic E-state index is -3.65. The van der Waals surface area contributed by atoms with Crippen molar-refractivity contribution in [3.63, 3.8) is 0 Å². The topological polar surface area (TPSA) is 84.2 Å². The lowest BCUT2D eigenvalue weighted by molar-refractivity contribution is 0.380. The summed E-state index contributed by atoms with van der Waals surface area (Å²) in [4.78, 5) is 14.0. The SMILES string of the molecule is CC(C)n1cnc(S(=O)(=O)N2CCN(c3ncnc(C4CC4)c3F)CC2)c1. The number of nitrogens with zero attached hydrogens (tertiary/aromatic N) is 6. The Morgan fingerprint density at radius 3 is 2.41 bits per heavy atom. The van der Waals surface area contributed by atoms with E-state index in [9.17, 15) is 12.8 Å². The van der Waals surface area contributed by atoms with E-state index in [1.165, 1.54) is 17.0 Å². The third kappa shape index (κ3) is 3.43. The second-order valence-corrected chi connectivity index (χ2v) is 9.20. The summed E-state index contributed by atoms with van der Waals surface area (Å²) in [5, 5.41) is 0.0499. The highest BCUT2D eigenvalue weighted by atomic mass is 32.2. The van der Waals surface area contributed by atoms with Gasteiger partial charge in [-0.25, -0.2) is 27.8 Å². The fraction of sp³-hybridized carbons (Fsp3) is 0.588. The Morgan fingerprint density at radius 1 is 1.11 bits per heavy atom. The molecule has 0 atom stereocenters. The molecule has 3 heterocycles. The highest BCUT2D eigenvalue weighted by Crippen LogP contribution is 2.41. The van der Waals surface area contributed by atoms with Crippen LogP contribution in [0.3, 0.4) is 0 Å². The molecule has 1 saturated heterocycles. The van der Waals surface area contributed by atoms with Gasteiger partial charge in [-0.1, -0.05) is 0 Å². The molecule has 2 fully saturated rings. The zero-order valence-electron chi connectivity index (χ0n) is 15.4. The fourth-order valence-electron chi connectivity index (χ4n) is 3.24. The second kappa shape index (κ2) is 6.83. The fourth-order valence-corrected chi connectivity index (χ4v) is 4.59. The average Bonchev–Trinajstić information content (AvgIpc) is 3.36. The van der Waals surface area contributed by atoms with Crippen LogP contribution in [0.4, 0.5) is 10.2 Å². The van der Waals surface area contributed by atoms with Crippen molar-refractivity contribution in [3.05, 3.63) is 30.4 Å². The van der Waals surface area contributed by atoms with E-state index in [1.54, 1.807) is 15.7 Å². The van der Waals surface area contributed by atoms with Crippen LogP contribution in [0.1, 0.15) is 44.3 Å². The molecule has 2 aliphatic rings. The predicted molar refractivity (Wildman–Crippen MR) is 97.5 cm³/mol. The largest absolute Gasteiger partial charge is 0.351 e. The minimum Gasteiger partial charge on any atom is -0.351 e. The summed E-state index contributed by atoms with van der Waals surface area (Å²) in [6.45, 7) is 5.20. The molecule has 4 rings (SSSR count). The molecule has 8 nitrogen and oxygen atoms in total. The summed E-state index contributed by atoms with van der Waals surface area (Å²) in [5.74, 6) is 0.101. The highest BCUT2D eigenvalue weighted by molar-refractivity contribution is 7.89. The molecule has 146 valence electrons. The zero-order chi connectivity index (χ0) is 19.2. The van der Waals surface area contributed by atoms with Crippen LogP contribution < -0.4 is 4.90 Å². The summed E-state index contributed by atoms with van der Waals surface area (Å²) in [6, 6.07) is 0.139. The third-order valence-electron chi connectivity index (χ3n) is 5.08. The molecule has 27 heavy (non-hydrogen) atoms. The van der Waals surface area contributed by atoms with Gasteiger partial charge in [-0.3, -0.25) is 0 Å². The minimum absolute atomic E-state index is 0.0499. The van der Waals surface area contributed by atoms with Crippen LogP contribution >= 0.6 is 0 Å². The molecule has 0 amide bonds. The van der Waals surface area contributed by atoms with E-state index in [0.717, 1.165) is 12.8 Å². The van der Waals surface area contributed by atoms with Crippen LogP contribution in [-0.2, 0) is 10.0 Å². The Hall–Kier alpha value is -2.07. The van der Waals surface area contributed by atoms with E-state index >= 15 is 0 Å². The van der Waals surface area contributed by atoms with Crippen LogP contribution in [0.2, 0.25) is 0 Å². The zero-order valence-corrected chi connectivity index (χ0v) is 16.2. The van der Waals surface area contributed by atoms with Crippen LogP contribution in [-0.4, -0.2) is 58.4 Å². The first-order valence-electron chi connectivity index (χ1n) is 9.17. The predicted octanol–water partition coefficient (Wildman–Crippen LogP) is 1.78. The van der Waals surface area contributed by atoms with Crippen molar-refractivity contribution >= 4 is 15.8 Å². The number of sulfonamides is 1. The van der Waals surface area contributed by atoms with Crippen LogP contribution in [0.25, 0.3) is 0 Å². The summed E-state index contributed by atoms with van der Waals surface area (Å²) in [5.41, 5.74) is 0.481. The van der Waals surface area contributed by atoms with Gasteiger partial charge in [0.1, 0.15) is 6.33 Å². The van der Waals surface area contributed by atoms with Crippen molar-refractivity contribution in [2.24, 2.45) is 0 Å². The van der Waals surface area contributed by atoms with Crippen LogP contribution in [0, 0.1) is 5.82 Å². The average molecular weight is 394 g/mol. The molecule has 1 saturated carbocycles. The Balaban J connectivity index is 1.48. The number of hydrogen-bond acceptors (Lipinski definition) is 6. The van der Waals surface area contributed by atoms with E-state index in [0.29, 0.717) is 18.8 Å². The Labute approximate surface area is 158 Å². The Morgan fingerprint density at radius 2 is 1.81 bits per heavy atom. The van der Waals surface area contributed by atoms with Crippen molar-refractivity contribution in [2.45, 2.75) is 43.7 Å². The molecule has 0 N–H and O–H groups in total. The summed E-state index contributed by atoms with van der Waals surface area (Å²) in [6.07, 6.45) is 6.40. The van der Waals surface area contributed by atoms with Crippen molar-refractivity contribution in [2.75, 3.05) is 31.1 Å². The maximum atomic E-state index is 14.7. The molecule has 0 radical (unpaired) electrons. The first kappa shape index (κ1) is 18.3. The van der Waals surface area contributed by atoms with E-state index in [1.807, 2.05) is 13.8 Å². The number of aromatic nitrogens is 4. The van der Waals surface area contributed by atoms with Gasteiger partial charge in [-0.2, -0.15) is 4.31 Å². The maximum Gasteiger partial charge on any atom is 0.262 e. The summed E-state index contributed by atoms with van der Waals surface area (Å²) >= 11 is 0. The van der Waals surface area contributed by atoms with Crippen LogP contribution in [0.15, 0.2) is 23.9 Å². The molecule has 0 bridgehead atoms. The molecular weight excluding hydrogens is 371 g/mol. The van der Waals surface area contributed by atoms with Gasteiger partial charge in [-0.05, 0) is 26.7 Å². The van der Waals surface area contributed by atoms with E-state index < -0.39 is 10.0 Å². The first-order chi connectivity index (χ1) is 12.9. The number of hydrogen-bond donors (Lipinski definition) is 0. The van der Waals surface area contributed by atoms with Gasteiger partial charge in [0, 0.05) is 44.3 Å². The molecule has 0 unspecified atom stereocenters. The van der Waals surface area contributed by atoms with Gasteiger partial charge in [-0.15, -0.1) is 0 Å². The Kier molecular flexibility index (Phi) is 4.63. The van der Waals surface area contributed by atoms with Crippen molar-refractivity contribution in [3.8, 4) is 0 Å². The van der Waals surface area contributed by atoms with Crippen molar-refractivity contribution < 1.29 is 12.8 Å². The lowest BCUT2D eigenvalue weighted by atomic mass is 10.2. The normalized spacial score (nSPS) is 19.0. The number of imidazole rings is 1. The highest BCUT2D eigenvalue weighted by Gasteiger charge is 2.34. The summed E-state index contributed by atoms with van der Waals surface area (Å²) < 4.78 is 43.5. The first-order valence-corrected chi connectivity index (χ1v) is 10.6. The maximum absolute atomic E-state index is 14.7. The van der Waals surface area contributed by atoms with Gasteiger partial charge in [0.05, 0.1) is 12.0 Å². The lowest BCUT2D eigenvalue weighted by Gasteiger charge is -2.34. The van der Waals surface area contributed by atoms with Gasteiger partial charge in [0.25, 0.3) is 10.0 Å². The molecule has 2 aromatic heterocycles.